The minimum absolute atomic E-state index is 0.0140. The van der Waals surface area contributed by atoms with Gasteiger partial charge in [-0.05, 0) is 98.6 Å². The SMILES string of the molecule is Cc1scnc1[C@H](Cc1cc(C#N)c2ncc(C#N)c(NCC(C)(C)C)c2c1)c1cn(C2(C(F)F)CC2)nn1.Cc1scnc1[C@H](Cc1cc(Cl)c2ncc(C#N)c(NCC(C)(C)C)c2c1)c1cn(C2(C(F)F)CC2)nn1. The van der Waals surface area contributed by atoms with Crippen LogP contribution in [-0.2, 0) is 23.9 Å². The normalized spacial score (nSPS) is 15.4. The molecular formula is C55H56ClF4N15S2. The van der Waals surface area contributed by atoms with Gasteiger partial charge in [-0.3, -0.25) is 9.97 Å². The maximum atomic E-state index is 13.8. The Balaban J connectivity index is 0.000000188. The van der Waals surface area contributed by atoms with Gasteiger partial charge in [-0.2, -0.15) is 15.8 Å². The predicted octanol–water partition coefficient (Wildman–Crippen LogP) is 12.6. The van der Waals surface area contributed by atoms with Gasteiger partial charge in [0, 0.05) is 46.0 Å². The monoisotopic (exact) mass is 1100 g/mol. The molecule has 6 heterocycles. The third-order valence-corrected chi connectivity index (χ3v) is 15.9. The minimum Gasteiger partial charge on any atom is -0.383 e. The maximum absolute atomic E-state index is 13.8. The number of thiazole rings is 2. The fourth-order valence-corrected chi connectivity index (χ4v) is 10.9. The van der Waals surface area contributed by atoms with Crippen molar-refractivity contribution in [2.45, 2.75) is 130 Å². The van der Waals surface area contributed by atoms with Crippen molar-refractivity contribution in [3.8, 4) is 18.2 Å². The van der Waals surface area contributed by atoms with Gasteiger partial charge >= 0.3 is 0 Å². The van der Waals surface area contributed by atoms with Crippen LogP contribution in [0.5, 0.6) is 0 Å². The van der Waals surface area contributed by atoms with Gasteiger partial charge in [-0.25, -0.2) is 36.9 Å². The minimum atomic E-state index is -2.52. The van der Waals surface area contributed by atoms with Crippen LogP contribution in [0.4, 0.5) is 28.9 Å². The van der Waals surface area contributed by atoms with E-state index in [4.69, 9.17) is 11.6 Å². The summed E-state index contributed by atoms with van der Waals surface area (Å²) < 4.78 is 57.6. The van der Waals surface area contributed by atoms with Crippen molar-refractivity contribution < 1.29 is 17.6 Å². The van der Waals surface area contributed by atoms with Crippen molar-refractivity contribution in [1.29, 1.82) is 15.8 Å². The number of nitriles is 3. The molecule has 398 valence electrons. The molecule has 2 atom stereocenters. The quantitative estimate of drug-likeness (QED) is 0.0864. The van der Waals surface area contributed by atoms with E-state index in [1.807, 2.05) is 32.0 Å². The molecule has 0 aliphatic heterocycles. The Labute approximate surface area is 456 Å². The smallest absolute Gasteiger partial charge is 0.263 e. The molecule has 15 nitrogen and oxygen atoms in total. The fraction of sp³-hybridized carbons (Fsp3) is 0.436. The average molecular weight is 1100 g/mol. The highest BCUT2D eigenvalue weighted by Gasteiger charge is 2.55. The number of aryl methyl sites for hydroxylation is 2. The second kappa shape index (κ2) is 21.4. The Bertz CT molecular complexity index is 3620. The molecule has 0 spiro atoms. The third kappa shape index (κ3) is 11.3. The molecule has 2 aliphatic carbocycles. The summed E-state index contributed by atoms with van der Waals surface area (Å²) in [6.07, 6.45) is 3.62. The largest absolute Gasteiger partial charge is 0.383 e. The van der Waals surface area contributed by atoms with Crippen LogP contribution in [0.15, 0.2) is 60.1 Å². The molecule has 2 aliphatic rings. The molecule has 0 unspecified atom stereocenters. The number of alkyl halides is 4. The Kier molecular flexibility index (Phi) is 15.2. The number of nitrogens with zero attached hydrogens (tertiary/aromatic N) is 13. The summed E-state index contributed by atoms with van der Waals surface area (Å²) in [6.45, 7) is 17.8. The van der Waals surface area contributed by atoms with Gasteiger partial charge in [0.25, 0.3) is 12.9 Å². The Hall–Kier alpha value is -7.12. The number of fused-ring (bicyclic) bond motifs is 2. The van der Waals surface area contributed by atoms with Crippen LogP contribution in [0.2, 0.25) is 5.02 Å². The van der Waals surface area contributed by atoms with Crippen molar-refractivity contribution in [2.75, 3.05) is 23.7 Å². The zero-order chi connectivity index (χ0) is 55.2. The highest BCUT2D eigenvalue weighted by molar-refractivity contribution is 7.09. The summed E-state index contributed by atoms with van der Waals surface area (Å²) >= 11 is 9.73. The summed E-state index contributed by atoms with van der Waals surface area (Å²) in [5, 5.41) is 55.1. The molecule has 2 N–H and O–H groups in total. The van der Waals surface area contributed by atoms with E-state index in [2.05, 4.69) is 111 Å². The van der Waals surface area contributed by atoms with Crippen LogP contribution in [0, 0.1) is 58.7 Å². The molecule has 0 bridgehead atoms. The van der Waals surface area contributed by atoms with E-state index in [0.717, 1.165) is 37.7 Å². The van der Waals surface area contributed by atoms with E-state index in [9.17, 15) is 33.3 Å². The molecule has 2 saturated carbocycles. The standard InChI is InChI=1S/C28H28F2N8S.C27H28ClF2N7S/c1-16-23(35-15-39-16)20(22-13-38(37-36-22)28(5-6-28)26(29)30)8-17-7-18(10-31)24-21(9-17)25(19(11-32)12-33-24)34-14-27(2,3)4;1-15-22(34-14-38-15)18(21-12-37(36-35-21)27(5-6-27)25(29)30)7-16-8-19-23(33-13-26(2,3)4)17(10-31)11-32-24(19)20(28)9-16/h7,9,12-13,15,20,26H,5-6,8,14H2,1-4H3,(H,33,34);8-9,11-12,14,18,25H,5-7,13H2,1-4H3,(H,32,33)/t20-;18-/m11/s1. The summed E-state index contributed by atoms with van der Waals surface area (Å²) in [5.74, 6) is -0.671. The number of rotatable bonds is 16. The van der Waals surface area contributed by atoms with Crippen molar-refractivity contribution in [3.05, 3.63) is 125 Å². The van der Waals surface area contributed by atoms with Crippen LogP contribution in [0.3, 0.4) is 0 Å². The van der Waals surface area contributed by atoms with E-state index < -0.39 is 23.9 Å². The van der Waals surface area contributed by atoms with Crippen LogP contribution in [-0.4, -0.2) is 75.9 Å². The number of benzene rings is 2. The van der Waals surface area contributed by atoms with Crippen LogP contribution < -0.4 is 10.6 Å². The van der Waals surface area contributed by atoms with Gasteiger partial charge in [0.15, 0.2) is 0 Å². The number of aromatic nitrogens is 10. The van der Waals surface area contributed by atoms with Gasteiger partial charge in [0.2, 0.25) is 0 Å². The summed E-state index contributed by atoms with van der Waals surface area (Å²) in [7, 11) is 0. The number of hydrogen-bond donors (Lipinski definition) is 2. The predicted molar refractivity (Wildman–Crippen MR) is 290 cm³/mol. The Morgan fingerprint density at radius 3 is 1.42 bits per heavy atom. The molecule has 2 fully saturated rings. The molecule has 0 amide bonds. The van der Waals surface area contributed by atoms with Crippen molar-refractivity contribution >= 4 is 67.5 Å². The first-order valence-corrected chi connectivity index (χ1v) is 27.2. The molecule has 77 heavy (non-hydrogen) atoms. The first-order chi connectivity index (χ1) is 36.6. The Morgan fingerprint density at radius 1 is 0.623 bits per heavy atom. The van der Waals surface area contributed by atoms with E-state index in [0.29, 0.717) is 113 Å². The second-order valence-corrected chi connectivity index (χ2v) is 24.9. The van der Waals surface area contributed by atoms with Crippen molar-refractivity contribution in [2.24, 2.45) is 10.8 Å². The number of halogens is 5. The number of anilines is 2. The molecular weight excluding hydrogens is 1050 g/mol. The second-order valence-electron chi connectivity index (χ2n) is 22.4. The van der Waals surface area contributed by atoms with Gasteiger partial charge in [0.05, 0.1) is 102 Å². The van der Waals surface area contributed by atoms with E-state index in [-0.39, 0.29) is 22.7 Å². The van der Waals surface area contributed by atoms with Crippen LogP contribution in [0.25, 0.3) is 21.8 Å². The molecule has 10 rings (SSSR count). The fourth-order valence-electron chi connectivity index (χ4n) is 9.37. The van der Waals surface area contributed by atoms with Crippen LogP contribution in [0.1, 0.15) is 139 Å². The lowest BCUT2D eigenvalue weighted by Crippen LogP contribution is -2.26. The molecule has 0 saturated heterocycles. The first kappa shape index (κ1) is 54.7. The van der Waals surface area contributed by atoms with E-state index >= 15 is 0 Å². The topological polar surface area (TPSA) is 208 Å². The molecule has 22 heteroatoms. The molecule has 2 aromatic carbocycles. The summed E-state index contributed by atoms with van der Waals surface area (Å²) in [6, 6.07) is 14.3. The number of hydrogen-bond acceptors (Lipinski definition) is 15. The zero-order valence-corrected chi connectivity index (χ0v) is 46.1. The molecule has 0 radical (unpaired) electrons. The lowest BCUT2D eigenvalue weighted by molar-refractivity contribution is 0.0590. The highest BCUT2D eigenvalue weighted by Crippen LogP contribution is 2.50. The van der Waals surface area contributed by atoms with E-state index in [1.165, 1.54) is 44.4 Å². The zero-order valence-electron chi connectivity index (χ0n) is 43.8. The summed E-state index contributed by atoms with van der Waals surface area (Å²) in [4.78, 5) is 20.1. The number of nitrogens with one attached hydrogen (secondary N) is 2. The highest BCUT2D eigenvalue weighted by atomic mass is 35.5. The van der Waals surface area contributed by atoms with Gasteiger partial charge < -0.3 is 10.6 Å². The van der Waals surface area contributed by atoms with Gasteiger partial charge in [0.1, 0.15) is 29.3 Å². The van der Waals surface area contributed by atoms with Crippen molar-refractivity contribution in [3.63, 3.8) is 0 Å². The summed E-state index contributed by atoms with van der Waals surface area (Å²) in [5.41, 5.74) is 9.04. The van der Waals surface area contributed by atoms with E-state index in [1.54, 1.807) is 29.5 Å². The lowest BCUT2D eigenvalue weighted by atomic mass is 9.90. The number of pyridine rings is 2. The molecule has 8 aromatic rings. The van der Waals surface area contributed by atoms with Gasteiger partial charge in [-0.1, -0.05) is 63.6 Å². The van der Waals surface area contributed by atoms with Gasteiger partial charge in [-0.15, -0.1) is 32.9 Å². The Morgan fingerprint density at radius 2 is 1.04 bits per heavy atom. The van der Waals surface area contributed by atoms with Crippen molar-refractivity contribution in [1.82, 2.24) is 49.9 Å². The lowest BCUT2D eigenvalue weighted by Gasteiger charge is -2.21. The molecule has 6 aromatic heterocycles. The maximum Gasteiger partial charge on any atom is 0.263 e. The third-order valence-electron chi connectivity index (χ3n) is 14.1. The average Bonchev–Trinajstić information content (AvgIpc) is 4.09. The van der Waals surface area contributed by atoms with Crippen LogP contribution >= 0.6 is 34.3 Å². The first-order valence-electron chi connectivity index (χ1n) is 25.0.